The number of likely N-dealkylation sites (N-methyl/N-ethyl adjacent to an activating group) is 1. The zero-order valence-electron chi connectivity index (χ0n) is 19.6. The number of hydrogen-bond acceptors (Lipinski definition) is 5. The van der Waals surface area contributed by atoms with E-state index in [1.165, 1.54) is 7.05 Å². The van der Waals surface area contributed by atoms with Crippen molar-refractivity contribution >= 4 is 23.6 Å². The quantitative estimate of drug-likeness (QED) is 0.598. The summed E-state index contributed by atoms with van der Waals surface area (Å²) in [5, 5.41) is 16.2. The van der Waals surface area contributed by atoms with Gasteiger partial charge in [-0.05, 0) is 57.0 Å². The Hall–Kier alpha value is -3.59. The van der Waals surface area contributed by atoms with Crippen LogP contribution in [0.25, 0.3) is 0 Å². The Morgan fingerprint density at radius 2 is 1.88 bits per heavy atom. The Labute approximate surface area is 194 Å². The smallest absolute Gasteiger partial charge is 0.328 e. The summed E-state index contributed by atoms with van der Waals surface area (Å²) in [7, 11) is 1.47. The molecular weight excluding hydrogens is 422 g/mol. The van der Waals surface area contributed by atoms with E-state index in [9.17, 15) is 14.7 Å². The number of amides is 3. The largest absolute Gasteiger partial charge is 0.491 e. The van der Waals surface area contributed by atoms with E-state index in [1.807, 2.05) is 64.1 Å². The maximum atomic E-state index is 12.7. The number of aliphatic hydroxyl groups is 1. The van der Waals surface area contributed by atoms with Crippen LogP contribution < -0.4 is 15.4 Å². The van der Waals surface area contributed by atoms with Crippen LogP contribution in [0.3, 0.4) is 0 Å². The molecule has 0 radical (unpaired) electrons. The first-order valence-electron chi connectivity index (χ1n) is 10.8. The van der Waals surface area contributed by atoms with Gasteiger partial charge in [-0.3, -0.25) is 19.9 Å². The molecule has 1 heterocycles. The van der Waals surface area contributed by atoms with Gasteiger partial charge in [0.05, 0.1) is 18.3 Å². The van der Waals surface area contributed by atoms with E-state index in [1.54, 1.807) is 11.0 Å². The molecule has 1 atom stereocenters. The molecule has 1 unspecified atom stereocenters. The van der Waals surface area contributed by atoms with Crippen LogP contribution in [0.15, 0.2) is 47.5 Å². The Kier molecular flexibility index (Phi) is 7.55. The van der Waals surface area contributed by atoms with Crippen molar-refractivity contribution in [1.82, 2.24) is 20.4 Å². The maximum absolute atomic E-state index is 12.7. The molecule has 2 aromatic carbocycles. The third-order valence-corrected chi connectivity index (χ3v) is 5.13. The molecule has 0 spiro atoms. The third-order valence-electron chi connectivity index (χ3n) is 5.13. The molecule has 3 N–H and O–H groups in total. The number of aliphatic hydroxyl groups excluding tert-OH is 1. The Morgan fingerprint density at radius 1 is 1.18 bits per heavy atom. The van der Waals surface area contributed by atoms with Crippen molar-refractivity contribution in [3.63, 3.8) is 0 Å². The predicted octanol–water partition coefficient (Wildman–Crippen LogP) is 2.63. The highest BCUT2D eigenvalue weighted by Crippen LogP contribution is 2.26. The molecule has 3 amide bonds. The van der Waals surface area contributed by atoms with Crippen molar-refractivity contribution in [3.05, 3.63) is 59.2 Å². The zero-order valence-corrected chi connectivity index (χ0v) is 19.6. The van der Waals surface area contributed by atoms with Gasteiger partial charge in [0.15, 0.2) is 0 Å². The van der Waals surface area contributed by atoms with E-state index in [4.69, 9.17) is 4.74 Å². The second kappa shape index (κ2) is 10.4. The minimum Gasteiger partial charge on any atom is -0.491 e. The van der Waals surface area contributed by atoms with Gasteiger partial charge in [-0.25, -0.2) is 9.79 Å². The van der Waals surface area contributed by atoms with Crippen LogP contribution in [-0.2, 0) is 11.3 Å². The number of nitrogens with zero attached hydrogens (tertiary/aromatic N) is 3. The van der Waals surface area contributed by atoms with Crippen LogP contribution in [0, 0.1) is 13.8 Å². The van der Waals surface area contributed by atoms with E-state index >= 15 is 0 Å². The molecule has 0 bridgehead atoms. The van der Waals surface area contributed by atoms with Gasteiger partial charge in [-0.15, -0.1) is 0 Å². The molecule has 176 valence electrons. The number of aryl methyl sites for hydroxylation is 2. The number of ether oxygens (including phenoxy) is 1. The van der Waals surface area contributed by atoms with Crippen LogP contribution in [0.4, 0.5) is 10.5 Å². The summed E-state index contributed by atoms with van der Waals surface area (Å²) in [6, 6.07) is 12.7. The Balaban J connectivity index is 1.94. The lowest BCUT2D eigenvalue weighted by Gasteiger charge is -2.41. The highest BCUT2D eigenvalue weighted by atomic mass is 16.5. The van der Waals surface area contributed by atoms with E-state index in [2.05, 4.69) is 15.6 Å². The van der Waals surface area contributed by atoms with Crippen LogP contribution in [0.2, 0.25) is 0 Å². The highest BCUT2D eigenvalue weighted by Gasteiger charge is 2.37. The van der Waals surface area contributed by atoms with Crippen molar-refractivity contribution in [3.8, 4) is 5.75 Å². The highest BCUT2D eigenvalue weighted by molar-refractivity contribution is 6.00. The summed E-state index contributed by atoms with van der Waals surface area (Å²) in [5.74, 6) is 0.560. The van der Waals surface area contributed by atoms with Crippen molar-refractivity contribution in [2.45, 2.75) is 46.7 Å². The standard InChI is InChI=1S/C24H31N5O4/c1-15(2)33-20-11-10-19(12-17(20)4)26-22-27-23(31)29(14-21(30)25-5)24(32)28(22)13-18-8-6-16(3)7-9-18/h6-12,15,24,32H,13-14H2,1-5H3,(H,25,30)(H,26,27,31). The first-order valence-corrected chi connectivity index (χ1v) is 10.8. The molecule has 1 aliphatic heterocycles. The number of carbonyl (C=O) groups is 2. The lowest BCUT2D eigenvalue weighted by atomic mass is 10.1. The lowest BCUT2D eigenvalue weighted by molar-refractivity contribution is -0.127. The normalized spacial score (nSPS) is 17.4. The summed E-state index contributed by atoms with van der Waals surface area (Å²) in [5.41, 5.74) is 3.53. The molecule has 33 heavy (non-hydrogen) atoms. The second-order valence-corrected chi connectivity index (χ2v) is 8.24. The Bertz CT molecular complexity index is 1040. The van der Waals surface area contributed by atoms with Gasteiger partial charge >= 0.3 is 6.03 Å². The SMILES string of the molecule is CNC(=O)CN1C(=O)NC(=Nc2ccc(OC(C)C)c(C)c2)N(Cc2ccc(C)cc2)C1O. The van der Waals surface area contributed by atoms with Gasteiger partial charge < -0.3 is 15.2 Å². The molecule has 9 heteroatoms. The molecule has 2 aromatic rings. The van der Waals surface area contributed by atoms with Crippen molar-refractivity contribution in [1.29, 1.82) is 0 Å². The number of guanidine groups is 1. The third kappa shape index (κ3) is 6.01. The molecule has 1 aliphatic rings. The van der Waals surface area contributed by atoms with Gasteiger partial charge in [0.25, 0.3) is 0 Å². The van der Waals surface area contributed by atoms with Gasteiger partial charge in [0, 0.05) is 7.05 Å². The first-order chi connectivity index (χ1) is 15.7. The predicted molar refractivity (Wildman–Crippen MR) is 126 cm³/mol. The molecule has 0 aromatic heterocycles. The monoisotopic (exact) mass is 453 g/mol. The Morgan fingerprint density at radius 3 is 2.48 bits per heavy atom. The fraction of sp³-hybridized carbons (Fsp3) is 0.375. The molecule has 0 aliphatic carbocycles. The molecule has 1 saturated heterocycles. The molecule has 0 saturated carbocycles. The van der Waals surface area contributed by atoms with Crippen LogP contribution in [0.1, 0.15) is 30.5 Å². The molecule has 3 rings (SSSR count). The number of carbonyl (C=O) groups excluding carboxylic acids is 2. The van der Waals surface area contributed by atoms with Crippen LogP contribution in [-0.4, -0.2) is 58.9 Å². The zero-order chi connectivity index (χ0) is 24.1. The van der Waals surface area contributed by atoms with E-state index in [-0.39, 0.29) is 25.2 Å². The van der Waals surface area contributed by atoms with Crippen molar-refractivity contribution in [2.24, 2.45) is 4.99 Å². The maximum Gasteiger partial charge on any atom is 0.328 e. The summed E-state index contributed by atoms with van der Waals surface area (Å²) in [6.07, 6.45) is -1.33. The van der Waals surface area contributed by atoms with Crippen LogP contribution in [0.5, 0.6) is 5.75 Å². The second-order valence-electron chi connectivity index (χ2n) is 8.24. The topological polar surface area (TPSA) is 107 Å². The number of benzene rings is 2. The summed E-state index contributed by atoms with van der Waals surface area (Å²) in [4.78, 5) is 31.8. The first kappa shape index (κ1) is 24.1. The van der Waals surface area contributed by atoms with E-state index in [0.717, 1.165) is 27.3 Å². The van der Waals surface area contributed by atoms with E-state index in [0.29, 0.717) is 5.69 Å². The van der Waals surface area contributed by atoms with Crippen LogP contribution >= 0.6 is 0 Å². The minimum absolute atomic E-state index is 0.0462. The van der Waals surface area contributed by atoms with Crippen molar-refractivity contribution in [2.75, 3.05) is 13.6 Å². The fourth-order valence-corrected chi connectivity index (χ4v) is 3.36. The minimum atomic E-state index is -1.37. The molecular formula is C24H31N5O4. The number of hydrogen-bond donors (Lipinski definition) is 3. The number of aliphatic imine (C=N–C) groups is 1. The number of rotatable bonds is 7. The summed E-state index contributed by atoms with van der Waals surface area (Å²) >= 11 is 0. The number of urea groups is 1. The van der Waals surface area contributed by atoms with Gasteiger partial charge in [0.2, 0.25) is 18.2 Å². The summed E-state index contributed by atoms with van der Waals surface area (Å²) < 4.78 is 5.78. The molecule has 1 fully saturated rings. The average Bonchev–Trinajstić information content (AvgIpc) is 2.76. The summed E-state index contributed by atoms with van der Waals surface area (Å²) in [6.45, 7) is 7.82. The van der Waals surface area contributed by atoms with Gasteiger partial charge in [-0.2, -0.15) is 0 Å². The van der Waals surface area contributed by atoms with Gasteiger partial charge in [0.1, 0.15) is 12.3 Å². The van der Waals surface area contributed by atoms with Crippen molar-refractivity contribution < 1.29 is 19.4 Å². The lowest BCUT2D eigenvalue weighted by Crippen LogP contribution is -2.66. The van der Waals surface area contributed by atoms with E-state index < -0.39 is 18.3 Å². The van der Waals surface area contributed by atoms with Gasteiger partial charge in [-0.1, -0.05) is 29.8 Å². The number of nitrogens with one attached hydrogen (secondary N) is 2. The fourth-order valence-electron chi connectivity index (χ4n) is 3.36. The average molecular weight is 454 g/mol. The molecule has 9 nitrogen and oxygen atoms in total.